The number of aromatic amines is 1. The summed E-state index contributed by atoms with van der Waals surface area (Å²) >= 11 is 0. The van der Waals surface area contributed by atoms with Gasteiger partial charge in [-0.2, -0.15) is 0 Å². The van der Waals surface area contributed by atoms with E-state index in [-0.39, 0.29) is 18.0 Å². The third-order valence-electron chi connectivity index (χ3n) is 5.88. The van der Waals surface area contributed by atoms with Crippen molar-refractivity contribution in [3.8, 4) is 11.5 Å². The topological polar surface area (TPSA) is 66.6 Å². The highest BCUT2D eigenvalue weighted by atomic mass is 16.5. The summed E-state index contributed by atoms with van der Waals surface area (Å²) in [7, 11) is 3.24. The number of para-hydroxylation sites is 1. The molecule has 1 aliphatic heterocycles. The first kappa shape index (κ1) is 20.1. The Balaban J connectivity index is 1.53. The van der Waals surface area contributed by atoms with Gasteiger partial charge >= 0.3 is 6.03 Å². The number of rotatable bonds is 5. The second-order valence-corrected chi connectivity index (χ2v) is 8.08. The number of carbonyl (C=O) groups is 1. The van der Waals surface area contributed by atoms with Gasteiger partial charge in [-0.25, -0.2) is 4.79 Å². The number of benzene rings is 2. The van der Waals surface area contributed by atoms with Crippen LogP contribution < -0.4 is 14.8 Å². The van der Waals surface area contributed by atoms with Crippen molar-refractivity contribution in [1.29, 1.82) is 0 Å². The van der Waals surface area contributed by atoms with Crippen LogP contribution in [-0.4, -0.2) is 36.7 Å². The van der Waals surface area contributed by atoms with Gasteiger partial charge in [0, 0.05) is 23.1 Å². The molecule has 0 radical (unpaired) electrons. The first-order chi connectivity index (χ1) is 14.5. The van der Waals surface area contributed by atoms with E-state index in [9.17, 15) is 4.79 Å². The van der Waals surface area contributed by atoms with Crippen LogP contribution in [0.15, 0.2) is 42.5 Å². The van der Waals surface area contributed by atoms with Crippen molar-refractivity contribution in [3.63, 3.8) is 0 Å². The van der Waals surface area contributed by atoms with E-state index in [1.807, 2.05) is 29.2 Å². The molecule has 2 N–H and O–H groups in total. The third-order valence-corrected chi connectivity index (χ3v) is 5.88. The van der Waals surface area contributed by atoms with Crippen LogP contribution in [-0.2, 0) is 13.0 Å². The highest BCUT2D eigenvalue weighted by Gasteiger charge is 2.27. The summed E-state index contributed by atoms with van der Waals surface area (Å²) in [4.78, 5) is 18.5. The fourth-order valence-electron chi connectivity index (χ4n) is 4.27. The average molecular weight is 408 g/mol. The molecular weight excluding hydrogens is 378 g/mol. The van der Waals surface area contributed by atoms with Crippen molar-refractivity contribution < 1.29 is 14.3 Å². The molecule has 2 heterocycles. The number of aromatic nitrogens is 1. The molecular formula is C24H29N3O3. The van der Waals surface area contributed by atoms with Gasteiger partial charge in [0.25, 0.3) is 0 Å². The van der Waals surface area contributed by atoms with E-state index >= 15 is 0 Å². The van der Waals surface area contributed by atoms with Crippen molar-refractivity contribution in [3.05, 3.63) is 59.3 Å². The van der Waals surface area contributed by atoms with Crippen LogP contribution in [0.1, 0.15) is 36.7 Å². The molecule has 2 amide bonds. The number of nitrogens with one attached hydrogen (secondary N) is 2. The molecule has 1 aromatic heterocycles. The molecule has 0 saturated heterocycles. The van der Waals surface area contributed by atoms with Gasteiger partial charge in [0.1, 0.15) is 0 Å². The number of amides is 2. The molecule has 30 heavy (non-hydrogen) atoms. The molecule has 158 valence electrons. The molecule has 0 aliphatic carbocycles. The van der Waals surface area contributed by atoms with Crippen molar-refractivity contribution in [2.45, 2.75) is 32.9 Å². The highest BCUT2D eigenvalue weighted by molar-refractivity contribution is 5.85. The number of H-pyrrole nitrogens is 1. The SMILES string of the molecule is COc1ccc([C@H](NC(=O)N2CCc3c([nH]c4ccccc34)C2)C(C)C)cc1OC. The summed E-state index contributed by atoms with van der Waals surface area (Å²) in [5.41, 5.74) is 4.59. The Morgan fingerprint density at radius 3 is 2.60 bits per heavy atom. The maximum atomic E-state index is 13.1. The van der Waals surface area contributed by atoms with Gasteiger partial charge in [-0.1, -0.05) is 38.1 Å². The normalized spacial score (nSPS) is 14.5. The minimum atomic E-state index is -0.124. The van der Waals surface area contributed by atoms with Crippen molar-refractivity contribution in [2.75, 3.05) is 20.8 Å². The van der Waals surface area contributed by atoms with Gasteiger partial charge in [-0.15, -0.1) is 0 Å². The van der Waals surface area contributed by atoms with E-state index in [1.54, 1.807) is 14.2 Å². The Kier molecular flexibility index (Phi) is 5.57. The molecule has 2 aromatic carbocycles. The second kappa shape index (κ2) is 8.30. The van der Waals surface area contributed by atoms with Crippen LogP contribution in [0.25, 0.3) is 10.9 Å². The number of nitrogens with zero attached hydrogens (tertiary/aromatic N) is 1. The van der Waals surface area contributed by atoms with Crippen LogP contribution in [0.4, 0.5) is 4.79 Å². The molecule has 0 saturated carbocycles. The zero-order valence-corrected chi connectivity index (χ0v) is 18.0. The average Bonchev–Trinajstić information content (AvgIpc) is 3.14. The lowest BCUT2D eigenvalue weighted by molar-refractivity contribution is 0.184. The molecule has 3 aromatic rings. The smallest absolute Gasteiger partial charge is 0.318 e. The number of fused-ring (bicyclic) bond motifs is 3. The summed E-state index contributed by atoms with van der Waals surface area (Å²) in [5, 5.41) is 4.49. The molecule has 0 bridgehead atoms. The summed E-state index contributed by atoms with van der Waals surface area (Å²) < 4.78 is 10.8. The van der Waals surface area contributed by atoms with Gasteiger partial charge < -0.3 is 24.7 Å². The van der Waals surface area contributed by atoms with E-state index in [4.69, 9.17) is 9.47 Å². The first-order valence-electron chi connectivity index (χ1n) is 10.4. The van der Waals surface area contributed by atoms with E-state index in [0.717, 1.165) is 23.2 Å². The van der Waals surface area contributed by atoms with Gasteiger partial charge in [0.2, 0.25) is 0 Å². The Bertz CT molecular complexity index is 1060. The van der Waals surface area contributed by atoms with E-state index in [1.165, 1.54) is 10.9 Å². The fourth-order valence-corrected chi connectivity index (χ4v) is 4.27. The number of urea groups is 1. The summed E-state index contributed by atoms with van der Waals surface area (Å²) in [6.07, 6.45) is 0.857. The maximum Gasteiger partial charge on any atom is 0.318 e. The molecule has 1 atom stereocenters. The Hall–Kier alpha value is -3.15. The van der Waals surface area contributed by atoms with Crippen molar-refractivity contribution in [2.24, 2.45) is 5.92 Å². The summed E-state index contributed by atoms with van der Waals surface area (Å²) in [6.45, 7) is 5.51. The maximum absolute atomic E-state index is 13.1. The van der Waals surface area contributed by atoms with Crippen LogP contribution in [0.3, 0.4) is 0 Å². The molecule has 0 fully saturated rings. The second-order valence-electron chi connectivity index (χ2n) is 8.08. The lowest BCUT2D eigenvalue weighted by atomic mass is 9.95. The number of carbonyl (C=O) groups excluding carboxylic acids is 1. The van der Waals surface area contributed by atoms with Gasteiger partial charge in [0.05, 0.1) is 26.8 Å². The molecule has 1 aliphatic rings. The molecule has 6 heteroatoms. The van der Waals surface area contributed by atoms with Crippen molar-refractivity contribution >= 4 is 16.9 Å². The van der Waals surface area contributed by atoms with Gasteiger partial charge in [0.15, 0.2) is 11.5 Å². The van der Waals surface area contributed by atoms with Crippen molar-refractivity contribution in [1.82, 2.24) is 15.2 Å². The van der Waals surface area contributed by atoms with Gasteiger partial charge in [-0.05, 0) is 41.7 Å². The zero-order chi connectivity index (χ0) is 21.3. The number of methoxy groups -OCH3 is 2. The largest absolute Gasteiger partial charge is 0.493 e. The highest BCUT2D eigenvalue weighted by Crippen LogP contribution is 2.33. The predicted octanol–water partition coefficient (Wildman–Crippen LogP) is 4.65. The number of hydrogen-bond donors (Lipinski definition) is 2. The van der Waals surface area contributed by atoms with E-state index in [0.29, 0.717) is 24.6 Å². The molecule has 4 rings (SSSR count). The monoisotopic (exact) mass is 407 g/mol. The predicted molar refractivity (Wildman–Crippen MR) is 118 cm³/mol. The van der Waals surface area contributed by atoms with E-state index < -0.39 is 0 Å². The first-order valence-corrected chi connectivity index (χ1v) is 10.4. The van der Waals surface area contributed by atoms with Crippen LogP contribution in [0, 0.1) is 5.92 Å². The third kappa shape index (κ3) is 3.70. The van der Waals surface area contributed by atoms with Crippen LogP contribution >= 0.6 is 0 Å². The number of hydrogen-bond acceptors (Lipinski definition) is 3. The lowest BCUT2D eigenvalue weighted by Gasteiger charge is -2.31. The van der Waals surface area contributed by atoms with Crippen LogP contribution in [0.2, 0.25) is 0 Å². The van der Waals surface area contributed by atoms with Gasteiger partial charge in [-0.3, -0.25) is 0 Å². The summed E-state index contributed by atoms with van der Waals surface area (Å²) in [6, 6.07) is 14.0. The molecule has 0 spiro atoms. The minimum absolute atomic E-state index is 0.0483. The Labute approximate surface area is 177 Å². The Morgan fingerprint density at radius 2 is 1.87 bits per heavy atom. The van der Waals surface area contributed by atoms with Crippen LogP contribution in [0.5, 0.6) is 11.5 Å². The fraction of sp³-hybridized carbons (Fsp3) is 0.375. The quantitative estimate of drug-likeness (QED) is 0.647. The minimum Gasteiger partial charge on any atom is -0.493 e. The lowest BCUT2D eigenvalue weighted by Crippen LogP contribution is -2.45. The molecule has 6 nitrogen and oxygen atoms in total. The zero-order valence-electron chi connectivity index (χ0n) is 18.0. The Morgan fingerprint density at radius 1 is 1.10 bits per heavy atom. The standard InChI is InChI=1S/C24H29N3O3/c1-15(2)23(16-9-10-21(29-3)22(13-16)30-4)26-24(28)27-12-11-18-17-7-5-6-8-19(17)25-20(18)14-27/h5-10,13,15,23,25H,11-12,14H2,1-4H3,(H,26,28)/t23-/m1/s1. The van der Waals surface area contributed by atoms with E-state index in [2.05, 4.69) is 42.3 Å². The molecule has 0 unspecified atom stereocenters. The number of ether oxygens (including phenoxy) is 2. The summed E-state index contributed by atoms with van der Waals surface area (Å²) in [5.74, 6) is 1.56.